The van der Waals surface area contributed by atoms with Crippen LogP contribution in [0, 0.1) is 11.3 Å². The minimum Gasteiger partial charge on any atom is -0.325 e. The first-order valence-corrected chi connectivity index (χ1v) is 6.22. The lowest BCUT2D eigenvalue weighted by molar-refractivity contribution is -0.117. The Kier molecular flexibility index (Phi) is 5.63. The first-order valence-electron chi connectivity index (χ1n) is 5.84. The molecule has 0 bridgehead atoms. The Morgan fingerprint density at radius 2 is 2.33 bits per heavy atom. The molecule has 0 spiro atoms. The van der Waals surface area contributed by atoms with Crippen LogP contribution in [0.5, 0.6) is 0 Å². The van der Waals surface area contributed by atoms with Gasteiger partial charge < -0.3 is 11.1 Å². The second kappa shape index (κ2) is 7.00. The zero-order valence-electron chi connectivity index (χ0n) is 10.2. The molecule has 5 heteroatoms. The van der Waals surface area contributed by atoms with Gasteiger partial charge in [-0.3, -0.25) is 4.79 Å². The molecule has 0 aliphatic rings. The second-order valence-electron chi connectivity index (χ2n) is 4.04. The lowest BCUT2D eigenvalue weighted by Gasteiger charge is -2.12. The fraction of sp³-hybridized carbons (Fsp3) is 0.385. The van der Waals surface area contributed by atoms with Crippen molar-refractivity contribution >= 4 is 23.2 Å². The minimum atomic E-state index is -0.514. The normalized spacial score (nSPS) is 11.7. The summed E-state index contributed by atoms with van der Waals surface area (Å²) >= 11 is 5.87. The van der Waals surface area contributed by atoms with Gasteiger partial charge in [0.05, 0.1) is 16.6 Å². The topological polar surface area (TPSA) is 78.9 Å². The third kappa shape index (κ3) is 4.02. The quantitative estimate of drug-likeness (QED) is 0.859. The molecule has 1 aromatic rings. The molecular weight excluding hydrogens is 250 g/mol. The van der Waals surface area contributed by atoms with Crippen LogP contribution in [0.3, 0.4) is 0 Å². The van der Waals surface area contributed by atoms with E-state index in [1.807, 2.05) is 13.0 Å². The summed E-state index contributed by atoms with van der Waals surface area (Å²) in [5, 5.41) is 11.7. The van der Waals surface area contributed by atoms with Crippen molar-refractivity contribution in [3.63, 3.8) is 0 Å². The van der Waals surface area contributed by atoms with E-state index in [4.69, 9.17) is 22.6 Å². The zero-order valence-corrected chi connectivity index (χ0v) is 11.0. The number of nitriles is 1. The maximum absolute atomic E-state index is 11.7. The lowest BCUT2D eigenvalue weighted by atomic mass is 10.1. The molecular formula is C13H16ClN3O. The minimum absolute atomic E-state index is 0.232. The number of nitrogens with zero attached hydrogens (tertiary/aromatic N) is 1. The van der Waals surface area contributed by atoms with Crippen molar-refractivity contribution in [1.29, 1.82) is 5.26 Å². The van der Waals surface area contributed by atoms with Gasteiger partial charge in [-0.1, -0.05) is 31.4 Å². The molecule has 0 radical (unpaired) electrons. The second-order valence-corrected chi connectivity index (χ2v) is 4.45. The summed E-state index contributed by atoms with van der Waals surface area (Å²) in [5.41, 5.74) is 6.68. The highest BCUT2D eigenvalue weighted by Crippen LogP contribution is 2.20. The SMILES string of the molecule is CCCCC(N)C(=O)Nc1ccc(C#N)c(Cl)c1. The summed E-state index contributed by atoms with van der Waals surface area (Å²) < 4.78 is 0. The van der Waals surface area contributed by atoms with Gasteiger partial charge in [-0.25, -0.2) is 0 Å². The monoisotopic (exact) mass is 265 g/mol. The van der Waals surface area contributed by atoms with Crippen LogP contribution in [0.1, 0.15) is 31.7 Å². The molecule has 0 aliphatic heterocycles. The highest BCUT2D eigenvalue weighted by Gasteiger charge is 2.13. The van der Waals surface area contributed by atoms with Crippen molar-refractivity contribution in [2.75, 3.05) is 5.32 Å². The van der Waals surface area contributed by atoms with Crippen LogP contribution in [0.15, 0.2) is 18.2 Å². The summed E-state index contributed by atoms with van der Waals surface area (Å²) in [5.74, 6) is -0.232. The van der Waals surface area contributed by atoms with E-state index in [2.05, 4.69) is 5.32 Å². The Morgan fingerprint density at radius 3 is 2.89 bits per heavy atom. The molecule has 0 heterocycles. The molecule has 1 unspecified atom stereocenters. The van der Waals surface area contributed by atoms with Crippen LogP contribution >= 0.6 is 11.6 Å². The maximum Gasteiger partial charge on any atom is 0.241 e. The van der Waals surface area contributed by atoms with Gasteiger partial charge in [-0.2, -0.15) is 5.26 Å². The fourth-order valence-electron chi connectivity index (χ4n) is 1.47. The van der Waals surface area contributed by atoms with Gasteiger partial charge in [0, 0.05) is 5.69 Å². The molecule has 0 fully saturated rings. The van der Waals surface area contributed by atoms with Crippen LogP contribution in [-0.2, 0) is 4.79 Å². The number of carbonyl (C=O) groups is 1. The molecule has 0 aromatic heterocycles. The van der Waals surface area contributed by atoms with Crippen LogP contribution in [-0.4, -0.2) is 11.9 Å². The molecule has 1 rings (SSSR count). The van der Waals surface area contributed by atoms with Crippen LogP contribution < -0.4 is 11.1 Å². The fourth-order valence-corrected chi connectivity index (χ4v) is 1.70. The Balaban J connectivity index is 2.65. The van der Waals surface area contributed by atoms with Crippen molar-refractivity contribution in [2.45, 2.75) is 32.2 Å². The summed E-state index contributed by atoms with van der Waals surface area (Å²) in [6.45, 7) is 2.05. The molecule has 4 nitrogen and oxygen atoms in total. The average Bonchev–Trinajstić information content (AvgIpc) is 2.36. The van der Waals surface area contributed by atoms with Crippen molar-refractivity contribution in [1.82, 2.24) is 0 Å². The highest BCUT2D eigenvalue weighted by atomic mass is 35.5. The first kappa shape index (κ1) is 14.5. The van der Waals surface area contributed by atoms with Gasteiger partial charge >= 0.3 is 0 Å². The average molecular weight is 266 g/mol. The Labute approximate surface area is 112 Å². The molecule has 1 aromatic carbocycles. The number of halogens is 1. The predicted molar refractivity (Wildman–Crippen MR) is 72.3 cm³/mol. The number of anilines is 1. The largest absolute Gasteiger partial charge is 0.325 e. The molecule has 0 saturated heterocycles. The van der Waals surface area contributed by atoms with Crippen molar-refractivity contribution < 1.29 is 4.79 Å². The van der Waals surface area contributed by atoms with Crippen LogP contribution in [0.4, 0.5) is 5.69 Å². The van der Waals surface area contributed by atoms with Crippen molar-refractivity contribution in [2.24, 2.45) is 5.73 Å². The van der Waals surface area contributed by atoms with Gasteiger partial charge in [-0.15, -0.1) is 0 Å². The van der Waals surface area contributed by atoms with Crippen LogP contribution in [0.2, 0.25) is 5.02 Å². The number of hydrogen-bond acceptors (Lipinski definition) is 3. The molecule has 1 atom stereocenters. The number of hydrogen-bond donors (Lipinski definition) is 2. The summed E-state index contributed by atoms with van der Waals surface area (Å²) in [7, 11) is 0. The van der Waals surface area contributed by atoms with E-state index in [0.29, 0.717) is 22.7 Å². The number of carbonyl (C=O) groups excluding carboxylic acids is 1. The van der Waals surface area contributed by atoms with E-state index in [1.165, 1.54) is 0 Å². The maximum atomic E-state index is 11.7. The van der Waals surface area contributed by atoms with Gasteiger partial charge in [0.15, 0.2) is 0 Å². The summed E-state index contributed by atoms with van der Waals surface area (Å²) in [4.78, 5) is 11.7. The highest BCUT2D eigenvalue weighted by molar-refractivity contribution is 6.32. The van der Waals surface area contributed by atoms with Crippen molar-refractivity contribution in [3.05, 3.63) is 28.8 Å². The van der Waals surface area contributed by atoms with Gasteiger partial charge in [0.25, 0.3) is 0 Å². The molecule has 3 N–H and O–H groups in total. The summed E-state index contributed by atoms with van der Waals surface area (Å²) in [6, 6.07) is 6.19. The van der Waals surface area contributed by atoms with E-state index < -0.39 is 6.04 Å². The molecule has 18 heavy (non-hydrogen) atoms. The lowest BCUT2D eigenvalue weighted by Crippen LogP contribution is -2.35. The summed E-state index contributed by atoms with van der Waals surface area (Å²) in [6.07, 6.45) is 2.58. The third-order valence-electron chi connectivity index (χ3n) is 2.56. The molecule has 96 valence electrons. The standard InChI is InChI=1S/C13H16ClN3O/c1-2-3-4-12(16)13(18)17-10-6-5-9(8-15)11(14)7-10/h5-7,12H,2-4,16H2,1H3,(H,17,18). The number of benzene rings is 1. The van der Waals surface area contributed by atoms with Gasteiger partial charge in [0.2, 0.25) is 5.91 Å². The smallest absolute Gasteiger partial charge is 0.241 e. The molecule has 1 amide bonds. The van der Waals surface area contributed by atoms with E-state index in [9.17, 15) is 4.79 Å². The Hall–Kier alpha value is -1.57. The number of unbranched alkanes of at least 4 members (excludes halogenated alkanes) is 1. The number of rotatable bonds is 5. The van der Waals surface area contributed by atoms with Crippen LogP contribution in [0.25, 0.3) is 0 Å². The number of amides is 1. The zero-order chi connectivity index (χ0) is 13.5. The van der Waals surface area contributed by atoms with Crippen molar-refractivity contribution in [3.8, 4) is 6.07 Å². The predicted octanol–water partition coefficient (Wildman–Crippen LogP) is 2.67. The van der Waals surface area contributed by atoms with Gasteiger partial charge in [-0.05, 0) is 24.6 Å². The first-order chi connectivity index (χ1) is 8.58. The van der Waals surface area contributed by atoms with E-state index in [0.717, 1.165) is 12.8 Å². The molecule has 0 aliphatic carbocycles. The number of nitrogens with one attached hydrogen (secondary N) is 1. The van der Waals surface area contributed by atoms with E-state index >= 15 is 0 Å². The van der Waals surface area contributed by atoms with E-state index in [-0.39, 0.29) is 5.91 Å². The van der Waals surface area contributed by atoms with Gasteiger partial charge in [0.1, 0.15) is 6.07 Å². The van der Waals surface area contributed by atoms with E-state index in [1.54, 1.807) is 18.2 Å². The number of nitrogens with two attached hydrogens (primary N) is 1. The Bertz CT molecular complexity index is 468. The Morgan fingerprint density at radius 1 is 1.61 bits per heavy atom. The third-order valence-corrected chi connectivity index (χ3v) is 2.88. The molecule has 0 saturated carbocycles.